The van der Waals surface area contributed by atoms with Crippen LogP contribution < -0.4 is 15.4 Å². The van der Waals surface area contributed by atoms with Crippen molar-refractivity contribution < 1.29 is 22.7 Å². The summed E-state index contributed by atoms with van der Waals surface area (Å²) in [4.78, 5) is 24.0. The maximum absolute atomic E-state index is 13.0. The molecule has 2 aromatic carbocycles. The molecule has 0 saturated carbocycles. The van der Waals surface area contributed by atoms with Crippen LogP contribution in [0.25, 0.3) is 0 Å². The van der Waals surface area contributed by atoms with Crippen molar-refractivity contribution >= 4 is 33.2 Å². The number of nitrogens with one attached hydrogen (secondary N) is 2. The number of hydrogen-bond donors (Lipinski definition) is 2. The third-order valence-corrected chi connectivity index (χ3v) is 6.98. The average molecular weight is 415 g/mol. The lowest BCUT2D eigenvalue weighted by molar-refractivity contribution is -0.121. The number of benzene rings is 2. The lowest BCUT2D eigenvalue weighted by Gasteiger charge is -2.31. The van der Waals surface area contributed by atoms with Crippen LogP contribution in [0.4, 0.5) is 11.4 Å². The zero-order valence-corrected chi connectivity index (χ0v) is 16.4. The molecular formula is C20H21N3O5S. The van der Waals surface area contributed by atoms with E-state index < -0.39 is 10.0 Å². The van der Waals surface area contributed by atoms with Gasteiger partial charge in [-0.3, -0.25) is 9.59 Å². The number of anilines is 2. The second-order valence-corrected chi connectivity index (χ2v) is 8.97. The Kier molecular flexibility index (Phi) is 5.25. The van der Waals surface area contributed by atoms with Crippen molar-refractivity contribution in [3.63, 3.8) is 0 Å². The van der Waals surface area contributed by atoms with Gasteiger partial charge in [0.15, 0.2) is 6.61 Å². The highest BCUT2D eigenvalue weighted by Crippen LogP contribution is 2.32. The van der Waals surface area contributed by atoms with E-state index in [-0.39, 0.29) is 42.3 Å². The van der Waals surface area contributed by atoms with Crippen molar-refractivity contribution in [2.24, 2.45) is 5.92 Å². The largest absolute Gasteiger partial charge is 0.482 e. The molecule has 0 radical (unpaired) electrons. The second-order valence-electron chi connectivity index (χ2n) is 7.03. The van der Waals surface area contributed by atoms with Crippen molar-refractivity contribution in [2.75, 3.05) is 30.3 Å². The van der Waals surface area contributed by atoms with E-state index in [1.807, 2.05) is 30.3 Å². The van der Waals surface area contributed by atoms with E-state index in [9.17, 15) is 18.0 Å². The molecule has 29 heavy (non-hydrogen) atoms. The topological polar surface area (TPSA) is 105 Å². The van der Waals surface area contributed by atoms with Crippen molar-refractivity contribution in [3.05, 3.63) is 48.5 Å². The van der Waals surface area contributed by atoms with E-state index in [1.165, 1.54) is 16.4 Å². The summed E-state index contributed by atoms with van der Waals surface area (Å²) in [7, 11) is -3.73. The van der Waals surface area contributed by atoms with Gasteiger partial charge in [-0.15, -0.1) is 0 Å². The fraction of sp³-hybridized carbons (Fsp3) is 0.300. The monoisotopic (exact) mass is 415 g/mol. The predicted molar refractivity (Wildman–Crippen MR) is 107 cm³/mol. The highest BCUT2D eigenvalue weighted by molar-refractivity contribution is 7.89. The molecule has 2 heterocycles. The van der Waals surface area contributed by atoms with Crippen LogP contribution in [0.2, 0.25) is 0 Å². The number of carbonyl (C=O) groups excluding carboxylic acids is 2. The fourth-order valence-corrected chi connectivity index (χ4v) is 4.99. The van der Waals surface area contributed by atoms with Crippen molar-refractivity contribution in [2.45, 2.75) is 17.7 Å². The van der Waals surface area contributed by atoms with Crippen molar-refractivity contribution in [1.29, 1.82) is 0 Å². The van der Waals surface area contributed by atoms with Gasteiger partial charge in [-0.05, 0) is 43.2 Å². The number of nitrogens with zero attached hydrogens (tertiary/aromatic N) is 1. The van der Waals surface area contributed by atoms with Gasteiger partial charge < -0.3 is 15.4 Å². The molecule has 2 N–H and O–H groups in total. The van der Waals surface area contributed by atoms with Crippen LogP contribution in [-0.2, 0) is 19.6 Å². The first kappa shape index (κ1) is 19.4. The number of sulfonamides is 1. The number of fused-ring (bicyclic) bond motifs is 1. The van der Waals surface area contributed by atoms with E-state index >= 15 is 0 Å². The van der Waals surface area contributed by atoms with Crippen LogP contribution in [-0.4, -0.2) is 44.2 Å². The Morgan fingerprint density at radius 1 is 1.10 bits per heavy atom. The minimum absolute atomic E-state index is 0.0857. The summed E-state index contributed by atoms with van der Waals surface area (Å²) in [5.41, 5.74) is 1.07. The molecule has 0 aromatic heterocycles. The molecule has 0 spiro atoms. The summed E-state index contributed by atoms with van der Waals surface area (Å²) in [6.07, 6.45) is 0.894. The summed E-state index contributed by atoms with van der Waals surface area (Å²) in [5.74, 6) is -0.211. The van der Waals surface area contributed by atoms with Crippen molar-refractivity contribution in [3.8, 4) is 5.75 Å². The Bertz CT molecular complexity index is 1030. The van der Waals surface area contributed by atoms with Gasteiger partial charge in [-0.2, -0.15) is 4.31 Å². The normalized spacial score (nSPS) is 17.7. The van der Waals surface area contributed by atoms with Gasteiger partial charge in [0, 0.05) is 24.7 Å². The number of rotatable bonds is 4. The Hall–Kier alpha value is -2.91. The van der Waals surface area contributed by atoms with E-state index in [4.69, 9.17) is 4.74 Å². The third kappa shape index (κ3) is 4.10. The Labute approximate surface area is 168 Å². The van der Waals surface area contributed by atoms with Crippen LogP contribution in [0, 0.1) is 5.92 Å². The molecule has 2 aliphatic heterocycles. The van der Waals surface area contributed by atoms with Gasteiger partial charge in [0.05, 0.1) is 10.6 Å². The van der Waals surface area contributed by atoms with Crippen LogP contribution in [0.5, 0.6) is 5.75 Å². The summed E-state index contributed by atoms with van der Waals surface area (Å²) < 4.78 is 32.6. The Morgan fingerprint density at radius 3 is 2.55 bits per heavy atom. The minimum atomic E-state index is -3.73. The predicted octanol–water partition coefficient (Wildman–Crippen LogP) is 2.06. The van der Waals surface area contributed by atoms with E-state index in [0.29, 0.717) is 24.3 Å². The first-order chi connectivity index (χ1) is 13.9. The fourth-order valence-electron chi connectivity index (χ4n) is 3.50. The van der Waals surface area contributed by atoms with Gasteiger partial charge in [-0.1, -0.05) is 18.2 Å². The molecule has 2 aliphatic rings. The molecule has 0 atom stereocenters. The van der Waals surface area contributed by atoms with Crippen LogP contribution in [0.3, 0.4) is 0 Å². The number of piperidine rings is 1. The molecule has 0 bridgehead atoms. The molecule has 4 rings (SSSR count). The van der Waals surface area contributed by atoms with Crippen LogP contribution in [0.15, 0.2) is 53.4 Å². The lowest BCUT2D eigenvalue weighted by atomic mass is 9.97. The molecule has 0 unspecified atom stereocenters. The maximum Gasteiger partial charge on any atom is 0.262 e. The summed E-state index contributed by atoms with van der Waals surface area (Å²) in [6.45, 7) is 0.433. The van der Waals surface area contributed by atoms with E-state index in [1.54, 1.807) is 6.07 Å². The standard InChI is InChI=1S/C20H21N3O5S/c24-19-13-28-18-7-6-16(12-17(18)22-19)29(26,27)23-10-8-14(9-11-23)20(25)21-15-4-2-1-3-5-15/h1-7,12,14H,8-11,13H2,(H,21,25)(H,22,24). The lowest BCUT2D eigenvalue weighted by Crippen LogP contribution is -2.41. The van der Waals surface area contributed by atoms with E-state index in [0.717, 1.165) is 5.69 Å². The van der Waals surface area contributed by atoms with Crippen LogP contribution >= 0.6 is 0 Å². The summed E-state index contributed by atoms with van der Waals surface area (Å²) in [6, 6.07) is 13.6. The molecule has 9 heteroatoms. The highest BCUT2D eigenvalue weighted by atomic mass is 32.2. The molecule has 152 valence electrons. The van der Waals surface area contributed by atoms with Crippen molar-refractivity contribution in [1.82, 2.24) is 4.31 Å². The minimum Gasteiger partial charge on any atom is -0.482 e. The van der Waals surface area contributed by atoms with E-state index in [2.05, 4.69) is 10.6 Å². The van der Waals surface area contributed by atoms with Gasteiger partial charge in [-0.25, -0.2) is 8.42 Å². The Balaban J connectivity index is 1.42. The smallest absolute Gasteiger partial charge is 0.262 e. The van der Waals surface area contributed by atoms with Gasteiger partial charge in [0.2, 0.25) is 15.9 Å². The molecule has 2 aromatic rings. The second kappa shape index (κ2) is 7.84. The maximum atomic E-state index is 13.0. The summed E-state index contributed by atoms with van der Waals surface area (Å²) >= 11 is 0. The Morgan fingerprint density at radius 2 is 1.83 bits per heavy atom. The quantitative estimate of drug-likeness (QED) is 0.795. The zero-order valence-electron chi connectivity index (χ0n) is 15.6. The molecular weight excluding hydrogens is 394 g/mol. The zero-order chi connectivity index (χ0) is 20.4. The summed E-state index contributed by atoms with van der Waals surface area (Å²) in [5, 5.41) is 5.49. The molecule has 8 nitrogen and oxygen atoms in total. The number of carbonyl (C=O) groups is 2. The SMILES string of the molecule is O=C1COc2ccc(S(=O)(=O)N3CCC(C(=O)Nc4ccccc4)CC3)cc2N1. The molecule has 2 amide bonds. The molecule has 0 aliphatic carbocycles. The number of amides is 2. The number of hydrogen-bond acceptors (Lipinski definition) is 5. The highest BCUT2D eigenvalue weighted by Gasteiger charge is 2.33. The third-order valence-electron chi connectivity index (χ3n) is 5.09. The van der Waals surface area contributed by atoms with Gasteiger partial charge >= 0.3 is 0 Å². The van der Waals surface area contributed by atoms with Crippen LogP contribution in [0.1, 0.15) is 12.8 Å². The average Bonchev–Trinajstić information content (AvgIpc) is 2.74. The molecule has 1 fully saturated rings. The first-order valence-electron chi connectivity index (χ1n) is 9.36. The van der Waals surface area contributed by atoms with Gasteiger partial charge in [0.25, 0.3) is 5.91 Å². The number of para-hydroxylation sites is 1. The number of ether oxygens (including phenoxy) is 1. The first-order valence-corrected chi connectivity index (χ1v) is 10.8. The molecule has 1 saturated heterocycles. The van der Waals surface area contributed by atoms with Gasteiger partial charge in [0.1, 0.15) is 5.75 Å².